The van der Waals surface area contributed by atoms with E-state index in [9.17, 15) is 4.79 Å². The van der Waals surface area contributed by atoms with Gasteiger partial charge in [0.15, 0.2) is 0 Å². The van der Waals surface area contributed by atoms with Crippen LogP contribution in [0.4, 0.5) is 0 Å². The average Bonchev–Trinajstić information content (AvgIpc) is 2.96. The number of benzene rings is 3. The minimum Gasteiger partial charge on any atom is -0.492 e. The van der Waals surface area contributed by atoms with E-state index < -0.39 is 0 Å². The molecule has 3 aromatic rings. The molecule has 0 radical (unpaired) electrons. The van der Waals surface area contributed by atoms with Gasteiger partial charge in [0.2, 0.25) is 0 Å². The molecule has 2 atom stereocenters. The molecular formula is C32H35Cl2N3O2. The van der Waals surface area contributed by atoms with Crippen molar-refractivity contribution in [3.8, 4) is 5.75 Å². The summed E-state index contributed by atoms with van der Waals surface area (Å²) in [6.07, 6.45) is 5.49. The molecule has 1 saturated heterocycles. The highest BCUT2D eigenvalue weighted by Crippen LogP contribution is 2.34. The van der Waals surface area contributed by atoms with E-state index in [0.717, 1.165) is 60.7 Å². The zero-order valence-corrected chi connectivity index (χ0v) is 23.8. The van der Waals surface area contributed by atoms with Crippen LogP contribution in [-0.2, 0) is 23.2 Å². The summed E-state index contributed by atoms with van der Waals surface area (Å²) < 4.78 is 5.83. The van der Waals surface area contributed by atoms with E-state index in [2.05, 4.69) is 41.0 Å². The molecule has 0 saturated carbocycles. The molecule has 7 heteroatoms. The van der Waals surface area contributed by atoms with E-state index in [4.69, 9.17) is 27.9 Å². The molecule has 204 valence electrons. The van der Waals surface area contributed by atoms with Crippen LogP contribution in [0.25, 0.3) is 0 Å². The van der Waals surface area contributed by atoms with Gasteiger partial charge in [0.25, 0.3) is 5.91 Å². The smallest absolute Gasteiger partial charge is 0.250 e. The summed E-state index contributed by atoms with van der Waals surface area (Å²) in [5, 5.41) is 8.77. The van der Waals surface area contributed by atoms with Gasteiger partial charge in [-0.15, -0.1) is 0 Å². The standard InChI is InChI=1S/C32H35Cl2N3O2/c1-37(19-17-24-8-2-3-9-27(24)33)31(38)26-16-18-32(22-35-21-29(26)36-32)25-14-12-23(13-15-25)7-6-20-39-30-11-5-4-10-28(30)34/h2-5,8-16,29,35-36H,6-7,17-22H2,1H3. The highest BCUT2D eigenvalue weighted by atomic mass is 35.5. The summed E-state index contributed by atoms with van der Waals surface area (Å²) in [6, 6.07) is 24.2. The highest BCUT2D eigenvalue weighted by Gasteiger charge is 2.42. The Kier molecular flexibility index (Phi) is 8.93. The van der Waals surface area contributed by atoms with Gasteiger partial charge in [-0.2, -0.15) is 0 Å². The lowest BCUT2D eigenvalue weighted by Crippen LogP contribution is -2.65. The number of nitrogens with one attached hydrogen (secondary N) is 2. The molecule has 2 N–H and O–H groups in total. The van der Waals surface area contributed by atoms with E-state index in [-0.39, 0.29) is 17.5 Å². The van der Waals surface area contributed by atoms with Crippen molar-refractivity contribution in [2.75, 3.05) is 33.3 Å². The van der Waals surface area contributed by atoms with Crippen molar-refractivity contribution in [2.24, 2.45) is 0 Å². The second kappa shape index (κ2) is 12.6. The molecule has 2 heterocycles. The van der Waals surface area contributed by atoms with E-state index >= 15 is 0 Å². The van der Waals surface area contributed by atoms with Crippen LogP contribution in [0, 0.1) is 0 Å². The van der Waals surface area contributed by atoms with Crippen molar-refractivity contribution in [1.29, 1.82) is 0 Å². The minimum absolute atomic E-state index is 0.0237. The van der Waals surface area contributed by atoms with E-state index in [1.165, 1.54) is 11.1 Å². The zero-order chi connectivity index (χ0) is 27.2. The quantitative estimate of drug-likeness (QED) is 0.306. The summed E-state index contributed by atoms with van der Waals surface area (Å²) in [4.78, 5) is 15.2. The molecule has 2 bridgehead atoms. The van der Waals surface area contributed by atoms with Crippen LogP contribution in [0.5, 0.6) is 5.75 Å². The first-order valence-electron chi connectivity index (χ1n) is 13.6. The van der Waals surface area contributed by atoms with Crippen molar-refractivity contribution < 1.29 is 9.53 Å². The average molecular weight is 565 g/mol. The fourth-order valence-electron chi connectivity index (χ4n) is 5.47. The maximum atomic E-state index is 13.4. The lowest BCUT2D eigenvalue weighted by atomic mass is 9.78. The minimum atomic E-state index is -0.214. The predicted octanol–water partition coefficient (Wildman–Crippen LogP) is 5.79. The number of halogens is 2. The molecule has 0 aromatic heterocycles. The molecule has 5 rings (SSSR count). The van der Waals surface area contributed by atoms with Gasteiger partial charge in [-0.3, -0.25) is 10.1 Å². The van der Waals surface area contributed by atoms with Crippen LogP contribution in [0.1, 0.15) is 29.5 Å². The van der Waals surface area contributed by atoms with Gasteiger partial charge in [0.05, 0.1) is 23.2 Å². The lowest BCUT2D eigenvalue weighted by molar-refractivity contribution is -0.126. The Labute approximate surface area is 241 Å². The van der Waals surface area contributed by atoms with Gasteiger partial charge in [0, 0.05) is 37.3 Å². The van der Waals surface area contributed by atoms with Crippen LogP contribution < -0.4 is 15.4 Å². The Balaban J connectivity index is 1.17. The summed E-state index contributed by atoms with van der Waals surface area (Å²) in [5.74, 6) is 0.806. The summed E-state index contributed by atoms with van der Waals surface area (Å²) in [7, 11) is 1.87. The molecular weight excluding hydrogens is 529 g/mol. The van der Waals surface area contributed by atoms with Crippen LogP contribution in [0.15, 0.2) is 84.4 Å². The van der Waals surface area contributed by atoms with Crippen molar-refractivity contribution >= 4 is 29.1 Å². The van der Waals surface area contributed by atoms with Gasteiger partial charge < -0.3 is 15.0 Å². The molecule has 1 fully saturated rings. The Hall–Kier alpha value is -2.83. The second-order valence-corrected chi connectivity index (χ2v) is 11.2. The fourth-order valence-corrected chi connectivity index (χ4v) is 5.89. The summed E-state index contributed by atoms with van der Waals surface area (Å²) >= 11 is 12.5. The first-order chi connectivity index (χ1) is 18.9. The number of likely N-dealkylation sites (N-methyl/N-ethyl adjacent to an activating group) is 1. The summed E-state index contributed by atoms with van der Waals surface area (Å²) in [5.41, 5.74) is 4.21. The van der Waals surface area contributed by atoms with E-state index in [1.54, 1.807) is 0 Å². The van der Waals surface area contributed by atoms with Crippen LogP contribution >= 0.6 is 23.2 Å². The summed E-state index contributed by atoms with van der Waals surface area (Å²) in [6.45, 7) is 2.81. The van der Waals surface area contributed by atoms with Crippen molar-refractivity contribution in [2.45, 2.75) is 37.3 Å². The highest BCUT2D eigenvalue weighted by molar-refractivity contribution is 6.32. The zero-order valence-electron chi connectivity index (χ0n) is 22.3. The van der Waals surface area contributed by atoms with Crippen LogP contribution in [-0.4, -0.2) is 50.1 Å². The van der Waals surface area contributed by atoms with Gasteiger partial charge in [0.1, 0.15) is 5.75 Å². The first kappa shape index (κ1) is 27.7. The number of fused-ring (bicyclic) bond motifs is 2. The number of nitrogens with zero attached hydrogens (tertiary/aromatic N) is 1. The molecule has 5 nitrogen and oxygen atoms in total. The second-order valence-electron chi connectivity index (χ2n) is 10.4. The van der Waals surface area contributed by atoms with Crippen molar-refractivity contribution in [3.63, 3.8) is 0 Å². The largest absolute Gasteiger partial charge is 0.492 e. The number of carbonyl (C=O) groups excluding carboxylic acids is 1. The fraction of sp³-hybridized carbons (Fsp3) is 0.344. The number of aryl methyl sites for hydroxylation is 1. The van der Waals surface area contributed by atoms with Gasteiger partial charge in [-0.1, -0.05) is 83.9 Å². The van der Waals surface area contributed by atoms with Crippen LogP contribution in [0.3, 0.4) is 0 Å². The number of hydrogen-bond donors (Lipinski definition) is 2. The van der Waals surface area contributed by atoms with Crippen molar-refractivity contribution in [1.82, 2.24) is 15.5 Å². The molecule has 3 aromatic carbocycles. The maximum Gasteiger partial charge on any atom is 0.250 e. The van der Waals surface area contributed by atoms with Gasteiger partial charge in [-0.05, 0) is 60.6 Å². The number of ether oxygens (including phenoxy) is 1. The Morgan fingerprint density at radius 2 is 1.74 bits per heavy atom. The Bertz CT molecular complexity index is 1330. The number of para-hydroxylation sites is 1. The topological polar surface area (TPSA) is 53.6 Å². The molecule has 2 unspecified atom stereocenters. The van der Waals surface area contributed by atoms with Crippen molar-refractivity contribution in [3.05, 3.63) is 111 Å². The molecule has 0 spiro atoms. The monoisotopic (exact) mass is 563 g/mol. The van der Waals surface area contributed by atoms with E-state index in [0.29, 0.717) is 18.2 Å². The molecule has 39 heavy (non-hydrogen) atoms. The SMILES string of the molecule is CN(CCc1ccccc1Cl)C(=O)C1=CCC2(c3ccc(CCCOc4ccccc4Cl)cc3)CNCC1N2. The first-order valence-corrected chi connectivity index (χ1v) is 14.3. The number of hydrogen-bond acceptors (Lipinski definition) is 4. The molecule has 2 aliphatic rings. The van der Waals surface area contributed by atoms with Gasteiger partial charge in [-0.25, -0.2) is 0 Å². The third-order valence-corrected chi connectivity index (χ3v) is 8.43. The third kappa shape index (κ3) is 6.50. The maximum absolute atomic E-state index is 13.4. The number of amides is 1. The lowest BCUT2D eigenvalue weighted by Gasteiger charge is -2.47. The number of carbonyl (C=O) groups is 1. The third-order valence-electron chi connectivity index (χ3n) is 7.75. The normalized spacial score (nSPS) is 20.3. The molecule has 1 amide bonds. The molecule has 2 aliphatic heterocycles. The van der Waals surface area contributed by atoms with Gasteiger partial charge >= 0.3 is 0 Å². The predicted molar refractivity (Wildman–Crippen MR) is 159 cm³/mol. The number of rotatable bonds is 10. The Morgan fingerprint density at radius 3 is 2.51 bits per heavy atom. The van der Waals surface area contributed by atoms with E-state index in [1.807, 2.05) is 60.5 Å². The van der Waals surface area contributed by atoms with Crippen LogP contribution in [0.2, 0.25) is 10.0 Å². The Morgan fingerprint density at radius 1 is 1.00 bits per heavy atom. The number of piperazine rings is 1. The molecule has 0 aliphatic carbocycles.